The number of phenolic OH excluding ortho intramolecular Hbond substituents is 10. The monoisotopic (exact) mass is 864 g/mol. The predicted octanol–water partition coefficient (Wildman–Crippen LogP) is 6.43. The number of aliphatic hydroxyl groups is 3. The zero-order valence-electron chi connectivity index (χ0n) is 32.2. The molecule has 0 saturated carbocycles. The lowest BCUT2D eigenvalue weighted by atomic mass is 9.94. The largest absolute Gasteiger partial charge is 0.508 e. The first-order valence-corrected chi connectivity index (χ1v) is 19.0. The molecule has 18 nitrogen and oxygen atoms in total. The molecule has 3 heterocycles. The number of fused-ring (bicyclic) bond motifs is 3. The summed E-state index contributed by atoms with van der Waals surface area (Å²) in [5, 5.41) is 137. The SMILES string of the molecule is OC1=Cc2cc(Oc3cc(C4Oc5cc(O)ccc5CC4O)cc(O)c3O)c(O)cc2OC1c1cc(O)c(O)c(Oc2cc3c(cc2O)OC(c2cc(O)c(O)c(O)c2)C(O)C3)c1. The Labute approximate surface area is 354 Å². The van der Waals surface area contributed by atoms with Gasteiger partial charge in [0.1, 0.15) is 28.8 Å². The summed E-state index contributed by atoms with van der Waals surface area (Å²) < 4.78 is 29.5. The molecule has 0 saturated heterocycles. The summed E-state index contributed by atoms with van der Waals surface area (Å²) in [6.07, 6.45) is -4.47. The van der Waals surface area contributed by atoms with Crippen molar-refractivity contribution in [3.8, 4) is 97.7 Å². The van der Waals surface area contributed by atoms with E-state index in [-0.39, 0.29) is 69.6 Å². The molecule has 0 aliphatic carbocycles. The second kappa shape index (κ2) is 15.0. The van der Waals surface area contributed by atoms with Gasteiger partial charge in [-0.25, -0.2) is 0 Å². The molecule has 0 radical (unpaired) electrons. The zero-order chi connectivity index (χ0) is 44.6. The molecule has 18 heteroatoms. The highest BCUT2D eigenvalue weighted by atomic mass is 16.5. The summed E-state index contributed by atoms with van der Waals surface area (Å²) in [5.41, 5.74) is 1.55. The quantitative estimate of drug-likeness (QED) is 0.0769. The maximum atomic E-state index is 11.2. The Morgan fingerprint density at radius 2 is 0.921 bits per heavy atom. The number of hydrogen-bond donors (Lipinski definition) is 13. The number of phenols is 10. The van der Waals surface area contributed by atoms with E-state index in [0.717, 1.165) is 24.3 Å². The highest BCUT2D eigenvalue weighted by molar-refractivity contribution is 5.69. The van der Waals surface area contributed by atoms with Crippen LogP contribution in [0.2, 0.25) is 0 Å². The Hall–Kier alpha value is -8.22. The highest BCUT2D eigenvalue weighted by Gasteiger charge is 2.35. The van der Waals surface area contributed by atoms with Crippen molar-refractivity contribution < 1.29 is 90.1 Å². The van der Waals surface area contributed by atoms with Crippen LogP contribution in [0.15, 0.2) is 84.6 Å². The third kappa shape index (κ3) is 7.28. The van der Waals surface area contributed by atoms with Crippen LogP contribution < -0.4 is 23.7 Å². The Bertz CT molecular complexity index is 2850. The smallest absolute Gasteiger partial charge is 0.201 e. The van der Waals surface area contributed by atoms with Gasteiger partial charge in [-0.05, 0) is 66.2 Å². The van der Waals surface area contributed by atoms with Crippen LogP contribution in [0.3, 0.4) is 0 Å². The number of aromatic hydroxyl groups is 10. The van der Waals surface area contributed by atoms with Crippen molar-refractivity contribution in [3.05, 3.63) is 118 Å². The number of rotatable bonds is 7. The van der Waals surface area contributed by atoms with Crippen LogP contribution in [0.5, 0.6) is 97.7 Å². The van der Waals surface area contributed by atoms with E-state index >= 15 is 0 Å². The lowest BCUT2D eigenvalue weighted by Crippen LogP contribution is -2.30. The van der Waals surface area contributed by atoms with Gasteiger partial charge in [0.25, 0.3) is 0 Å². The number of hydrogen-bond acceptors (Lipinski definition) is 18. The van der Waals surface area contributed by atoms with Gasteiger partial charge in [-0.1, -0.05) is 6.07 Å². The molecule has 9 rings (SSSR count). The van der Waals surface area contributed by atoms with E-state index in [1.165, 1.54) is 54.6 Å². The van der Waals surface area contributed by atoms with Crippen LogP contribution in [0.25, 0.3) is 6.08 Å². The lowest BCUT2D eigenvalue weighted by Gasteiger charge is -2.31. The molecule has 3 aliphatic heterocycles. The zero-order valence-corrected chi connectivity index (χ0v) is 32.2. The minimum absolute atomic E-state index is 0.0149. The molecule has 0 fully saturated rings. The van der Waals surface area contributed by atoms with E-state index in [2.05, 4.69) is 0 Å². The van der Waals surface area contributed by atoms with E-state index in [0.29, 0.717) is 16.9 Å². The third-order valence-electron chi connectivity index (χ3n) is 10.8. The van der Waals surface area contributed by atoms with Gasteiger partial charge in [0, 0.05) is 58.9 Å². The highest BCUT2D eigenvalue weighted by Crippen LogP contribution is 2.51. The average Bonchev–Trinajstić information content (AvgIpc) is 3.23. The van der Waals surface area contributed by atoms with Gasteiger partial charge in [-0.15, -0.1) is 0 Å². The standard InChI is InChI=1S/C45H36O18/c46-23-2-1-17-3-30(53)44(61-33(17)14-23)21-8-28(51)41(57)38(12-21)59-37-11-19-5-32(55)45(63-35(19)16-25(37)48)22-9-29(52)42(58)39(13-22)60-36-10-18-4-31(54)43(62-34(18)15-24(36)47)20-6-26(49)40(56)27(50)7-20/h1-2,5-16,30-31,43-58H,3-4H2. The first kappa shape index (κ1) is 40.2. The summed E-state index contributed by atoms with van der Waals surface area (Å²) >= 11 is 0. The summed E-state index contributed by atoms with van der Waals surface area (Å²) in [6.45, 7) is 0. The lowest BCUT2D eigenvalue weighted by molar-refractivity contribution is 0.0203. The Morgan fingerprint density at radius 3 is 1.54 bits per heavy atom. The molecule has 0 bridgehead atoms. The predicted molar refractivity (Wildman–Crippen MR) is 216 cm³/mol. The van der Waals surface area contributed by atoms with Gasteiger partial charge in [-0.2, -0.15) is 0 Å². The van der Waals surface area contributed by atoms with Crippen LogP contribution >= 0.6 is 0 Å². The van der Waals surface area contributed by atoms with E-state index in [9.17, 15) is 66.4 Å². The fourth-order valence-electron chi connectivity index (χ4n) is 7.69. The van der Waals surface area contributed by atoms with Gasteiger partial charge < -0.3 is 90.1 Å². The molecule has 63 heavy (non-hydrogen) atoms. The number of benzene rings is 6. The van der Waals surface area contributed by atoms with Gasteiger partial charge in [0.2, 0.25) is 11.5 Å². The third-order valence-corrected chi connectivity index (χ3v) is 10.8. The van der Waals surface area contributed by atoms with E-state index in [1.807, 2.05) is 0 Å². The van der Waals surface area contributed by atoms with Gasteiger partial charge in [0.05, 0.1) is 12.2 Å². The maximum Gasteiger partial charge on any atom is 0.201 e. The normalized spacial score (nSPS) is 19.8. The molecule has 324 valence electrons. The minimum atomic E-state index is -1.35. The van der Waals surface area contributed by atoms with Gasteiger partial charge in [-0.3, -0.25) is 0 Å². The van der Waals surface area contributed by atoms with E-state index in [4.69, 9.17) is 23.7 Å². The second-order valence-electron chi connectivity index (χ2n) is 15.1. The average molecular weight is 865 g/mol. The molecule has 5 atom stereocenters. The second-order valence-corrected chi connectivity index (χ2v) is 15.1. The van der Waals surface area contributed by atoms with E-state index < -0.39 is 93.8 Å². The van der Waals surface area contributed by atoms with Gasteiger partial charge in [0.15, 0.2) is 81.6 Å². The molecule has 6 aromatic rings. The molecule has 3 aliphatic rings. The molecular formula is C45H36O18. The summed E-state index contributed by atoms with van der Waals surface area (Å²) in [4.78, 5) is 0. The first-order valence-electron chi connectivity index (χ1n) is 19.0. The molecule has 0 aromatic heterocycles. The first-order chi connectivity index (χ1) is 30.0. The van der Waals surface area contributed by atoms with Crippen LogP contribution in [-0.4, -0.2) is 78.6 Å². The van der Waals surface area contributed by atoms with Crippen molar-refractivity contribution >= 4 is 6.08 Å². The molecule has 6 aromatic carbocycles. The van der Waals surface area contributed by atoms with Crippen molar-refractivity contribution in [1.29, 1.82) is 0 Å². The Morgan fingerprint density at radius 1 is 0.429 bits per heavy atom. The maximum absolute atomic E-state index is 11.2. The number of ether oxygens (including phenoxy) is 5. The molecular weight excluding hydrogens is 828 g/mol. The fourth-order valence-corrected chi connectivity index (χ4v) is 7.69. The van der Waals surface area contributed by atoms with E-state index in [1.54, 1.807) is 6.07 Å². The van der Waals surface area contributed by atoms with Gasteiger partial charge >= 0.3 is 0 Å². The van der Waals surface area contributed by atoms with Crippen LogP contribution in [0.4, 0.5) is 0 Å². The van der Waals surface area contributed by atoms with Crippen molar-refractivity contribution in [2.45, 2.75) is 43.4 Å². The Kier molecular flexibility index (Phi) is 9.60. The van der Waals surface area contributed by atoms with Crippen LogP contribution in [0, 0.1) is 0 Å². The van der Waals surface area contributed by atoms with Crippen LogP contribution in [0.1, 0.15) is 51.7 Å². The molecule has 0 spiro atoms. The summed E-state index contributed by atoms with van der Waals surface area (Å²) in [5.74, 6) is -7.04. The van der Waals surface area contributed by atoms with Crippen molar-refractivity contribution in [1.82, 2.24) is 0 Å². The fraction of sp³-hybridized carbons (Fsp3) is 0.156. The topological polar surface area (TPSA) is 309 Å². The number of aliphatic hydroxyl groups excluding tert-OH is 3. The molecule has 5 unspecified atom stereocenters. The molecule has 13 N–H and O–H groups in total. The minimum Gasteiger partial charge on any atom is -0.508 e. The van der Waals surface area contributed by atoms with Crippen molar-refractivity contribution in [2.75, 3.05) is 0 Å². The van der Waals surface area contributed by atoms with Crippen molar-refractivity contribution in [2.24, 2.45) is 0 Å². The summed E-state index contributed by atoms with van der Waals surface area (Å²) in [6, 6.07) is 16.4. The van der Waals surface area contributed by atoms with Crippen molar-refractivity contribution in [3.63, 3.8) is 0 Å². The molecule has 0 amide bonds. The van der Waals surface area contributed by atoms with Crippen LogP contribution in [-0.2, 0) is 12.8 Å². The Balaban J connectivity index is 0.949. The summed E-state index contributed by atoms with van der Waals surface area (Å²) in [7, 11) is 0.